The lowest BCUT2D eigenvalue weighted by molar-refractivity contribution is -0.137. The number of halogens is 3. The molecule has 0 aliphatic heterocycles. The van der Waals surface area contributed by atoms with Crippen LogP contribution in [-0.2, 0) is 12.7 Å². The molecule has 4 nitrogen and oxygen atoms in total. The number of rotatable bonds is 6. The summed E-state index contributed by atoms with van der Waals surface area (Å²) in [5, 5.41) is 0.476. The van der Waals surface area contributed by atoms with Crippen molar-refractivity contribution in [1.82, 2.24) is 9.55 Å². The average molecular weight is 514 g/mol. The molecule has 5 aromatic rings. The number of fused-ring (bicyclic) bond motifs is 1. The van der Waals surface area contributed by atoms with Crippen LogP contribution in [0.15, 0.2) is 108 Å². The van der Waals surface area contributed by atoms with Crippen molar-refractivity contribution >= 4 is 16.6 Å². The van der Waals surface area contributed by atoms with E-state index in [1.165, 1.54) is 12.1 Å². The van der Waals surface area contributed by atoms with E-state index in [2.05, 4.69) is 0 Å². The number of hydrogen-bond acceptors (Lipinski definition) is 3. The Morgan fingerprint density at radius 3 is 1.97 bits per heavy atom. The fourth-order valence-corrected chi connectivity index (χ4v) is 4.76. The predicted molar refractivity (Wildman–Crippen MR) is 144 cm³/mol. The lowest BCUT2D eigenvalue weighted by atomic mass is 9.98. The van der Waals surface area contributed by atoms with Gasteiger partial charge in [-0.05, 0) is 53.9 Å². The minimum atomic E-state index is -4.37. The molecule has 0 radical (unpaired) electrons. The van der Waals surface area contributed by atoms with Crippen molar-refractivity contribution in [3.8, 4) is 0 Å². The number of aromatic nitrogens is 2. The van der Waals surface area contributed by atoms with Gasteiger partial charge in [0.1, 0.15) is 5.82 Å². The molecule has 4 aromatic carbocycles. The van der Waals surface area contributed by atoms with Gasteiger partial charge in [0, 0.05) is 19.3 Å². The summed E-state index contributed by atoms with van der Waals surface area (Å²) in [4.78, 5) is 20.7. The largest absolute Gasteiger partial charge is 0.416 e. The summed E-state index contributed by atoms with van der Waals surface area (Å²) in [6.07, 6.45) is -4.37. The molecule has 38 heavy (non-hydrogen) atoms. The van der Waals surface area contributed by atoms with E-state index in [-0.39, 0.29) is 11.6 Å². The summed E-state index contributed by atoms with van der Waals surface area (Å²) >= 11 is 0. The topological polar surface area (TPSA) is 38.1 Å². The van der Waals surface area contributed by atoms with Crippen LogP contribution in [0.25, 0.3) is 10.9 Å². The van der Waals surface area contributed by atoms with E-state index in [0.29, 0.717) is 23.3 Å². The third-order valence-electron chi connectivity index (χ3n) is 6.69. The first-order valence-electron chi connectivity index (χ1n) is 12.2. The minimum Gasteiger partial charge on any atom is -0.370 e. The van der Waals surface area contributed by atoms with Crippen molar-refractivity contribution in [3.05, 3.63) is 142 Å². The number of alkyl halides is 3. The van der Waals surface area contributed by atoms with Gasteiger partial charge in [-0.2, -0.15) is 13.2 Å². The van der Waals surface area contributed by atoms with E-state index in [1.54, 1.807) is 10.6 Å². The van der Waals surface area contributed by atoms with Gasteiger partial charge in [0.2, 0.25) is 0 Å². The summed E-state index contributed by atoms with van der Waals surface area (Å²) < 4.78 is 40.5. The van der Waals surface area contributed by atoms with Crippen LogP contribution in [0.2, 0.25) is 0 Å². The summed E-state index contributed by atoms with van der Waals surface area (Å²) in [7, 11) is 1.84. The fourth-order valence-electron chi connectivity index (χ4n) is 4.76. The zero-order valence-corrected chi connectivity index (χ0v) is 21.0. The van der Waals surface area contributed by atoms with Crippen LogP contribution in [-0.4, -0.2) is 16.6 Å². The van der Waals surface area contributed by atoms with Gasteiger partial charge in [0.25, 0.3) is 5.56 Å². The third kappa shape index (κ3) is 5.05. The summed E-state index contributed by atoms with van der Waals surface area (Å²) in [6.45, 7) is 2.22. The molecule has 0 aliphatic carbocycles. The Morgan fingerprint density at radius 2 is 1.42 bits per heavy atom. The van der Waals surface area contributed by atoms with Crippen LogP contribution in [0.1, 0.15) is 34.1 Å². The fraction of sp³-hybridized carbons (Fsp3) is 0.161. The molecule has 1 heterocycles. The first-order chi connectivity index (χ1) is 18.2. The van der Waals surface area contributed by atoms with Gasteiger partial charge < -0.3 is 4.90 Å². The first kappa shape index (κ1) is 25.3. The van der Waals surface area contributed by atoms with Crippen LogP contribution in [0.4, 0.5) is 18.9 Å². The molecule has 0 aliphatic rings. The smallest absolute Gasteiger partial charge is 0.370 e. The Labute approximate surface area is 218 Å². The van der Waals surface area contributed by atoms with Crippen molar-refractivity contribution in [2.24, 2.45) is 0 Å². The van der Waals surface area contributed by atoms with Gasteiger partial charge in [0.05, 0.1) is 22.5 Å². The molecule has 0 spiro atoms. The molecule has 192 valence electrons. The lowest BCUT2D eigenvalue weighted by Gasteiger charge is -2.24. The average Bonchev–Trinajstić information content (AvgIpc) is 2.91. The Bertz CT molecular complexity index is 1570. The maximum absolute atomic E-state index is 14.0. The van der Waals surface area contributed by atoms with Crippen LogP contribution < -0.4 is 10.5 Å². The van der Waals surface area contributed by atoms with Gasteiger partial charge >= 0.3 is 6.18 Å². The quantitative estimate of drug-likeness (QED) is 0.245. The van der Waals surface area contributed by atoms with E-state index in [1.807, 2.05) is 91.7 Å². The zero-order chi connectivity index (χ0) is 26.9. The van der Waals surface area contributed by atoms with E-state index < -0.39 is 11.7 Å². The molecule has 0 bridgehead atoms. The van der Waals surface area contributed by atoms with Crippen molar-refractivity contribution in [3.63, 3.8) is 0 Å². The number of benzene rings is 4. The van der Waals surface area contributed by atoms with Gasteiger partial charge in [-0.1, -0.05) is 72.8 Å². The molecule has 0 unspecified atom stereocenters. The standard InChI is InChI=1S/C31H26F3N3O/c1-21-35-28-18-17-26(36(2)20-22-13-15-25(16-14-22)31(32,33)34)19-27(28)30(38)37(21)29(23-9-5-3-6-10-23)24-11-7-4-8-12-24/h3-19,29H,20H2,1-2H3. The molecule has 0 N–H and O–H groups in total. The first-order valence-corrected chi connectivity index (χ1v) is 12.2. The van der Waals surface area contributed by atoms with E-state index in [9.17, 15) is 18.0 Å². The molecule has 0 saturated carbocycles. The van der Waals surface area contributed by atoms with Gasteiger partial charge in [-0.15, -0.1) is 0 Å². The van der Waals surface area contributed by atoms with Crippen molar-refractivity contribution in [2.75, 3.05) is 11.9 Å². The zero-order valence-electron chi connectivity index (χ0n) is 21.0. The Balaban J connectivity index is 1.55. The molecule has 0 amide bonds. The van der Waals surface area contributed by atoms with Gasteiger partial charge in [-0.25, -0.2) is 4.98 Å². The highest BCUT2D eigenvalue weighted by Gasteiger charge is 2.30. The van der Waals surface area contributed by atoms with Crippen LogP contribution in [0.3, 0.4) is 0 Å². The molecular weight excluding hydrogens is 487 g/mol. The maximum atomic E-state index is 14.0. The van der Waals surface area contributed by atoms with E-state index in [0.717, 1.165) is 34.5 Å². The Morgan fingerprint density at radius 1 is 0.842 bits per heavy atom. The number of anilines is 1. The number of hydrogen-bond donors (Lipinski definition) is 0. The summed E-state index contributed by atoms with van der Waals surface area (Å²) in [5.74, 6) is 0.603. The summed E-state index contributed by atoms with van der Waals surface area (Å²) in [6, 6.07) is 30.0. The second-order valence-electron chi connectivity index (χ2n) is 9.31. The van der Waals surface area contributed by atoms with E-state index >= 15 is 0 Å². The van der Waals surface area contributed by atoms with E-state index in [4.69, 9.17) is 4.98 Å². The number of aryl methyl sites for hydroxylation is 1. The number of nitrogens with zero attached hydrogens (tertiary/aromatic N) is 3. The lowest BCUT2D eigenvalue weighted by Crippen LogP contribution is -2.29. The highest BCUT2D eigenvalue weighted by Crippen LogP contribution is 2.30. The Hall–Kier alpha value is -4.39. The van der Waals surface area contributed by atoms with Crippen LogP contribution in [0.5, 0.6) is 0 Å². The third-order valence-corrected chi connectivity index (χ3v) is 6.69. The summed E-state index contributed by atoms with van der Waals surface area (Å²) in [5.41, 5.74) is 3.20. The minimum absolute atomic E-state index is 0.157. The predicted octanol–water partition coefficient (Wildman–Crippen LogP) is 7.00. The van der Waals surface area contributed by atoms with Crippen LogP contribution >= 0.6 is 0 Å². The molecule has 1 aromatic heterocycles. The van der Waals surface area contributed by atoms with Crippen LogP contribution in [0, 0.1) is 6.92 Å². The highest BCUT2D eigenvalue weighted by atomic mass is 19.4. The second kappa shape index (κ2) is 10.2. The van der Waals surface area contributed by atoms with Gasteiger partial charge in [-0.3, -0.25) is 9.36 Å². The van der Waals surface area contributed by atoms with Crippen molar-refractivity contribution in [1.29, 1.82) is 0 Å². The van der Waals surface area contributed by atoms with Crippen molar-refractivity contribution < 1.29 is 13.2 Å². The highest BCUT2D eigenvalue weighted by molar-refractivity contribution is 5.82. The maximum Gasteiger partial charge on any atom is 0.416 e. The monoisotopic (exact) mass is 513 g/mol. The molecule has 0 saturated heterocycles. The Kier molecular flexibility index (Phi) is 6.76. The van der Waals surface area contributed by atoms with Gasteiger partial charge in [0.15, 0.2) is 0 Å². The molecule has 0 fully saturated rings. The molecule has 0 atom stereocenters. The normalized spacial score (nSPS) is 11.7. The van der Waals surface area contributed by atoms with Crippen molar-refractivity contribution in [2.45, 2.75) is 25.7 Å². The molecule has 5 rings (SSSR count). The SMILES string of the molecule is Cc1nc2ccc(N(C)Cc3ccc(C(F)(F)F)cc3)cc2c(=O)n1C(c1ccccc1)c1ccccc1. The molecular formula is C31H26F3N3O. The molecule has 7 heteroatoms. The second-order valence-corrected chi connectivity index (χ2v) is 9.31.